The molecule has 1 aromatic heterocycles. The van der Waals surface area contributed by atoms with Gasteiger partial charge < -0.3 is 10.7 Å². The lowest BCUT2D eigenvalue weighted by atomic mass is 10.3. The van der Waals surface area contributed by atoms with Crippen molar-refractivity contribution in [1.82, 2.24) is 4.98 Å². The Morgan fingerprint density at radius 2 is 1.71 bits per heavy atom. The first kappa shape index (κ1) is 11.3. The molecule has 0 bridgehead atoms. The van der Waals surface area contributed by atoms with Gasteiger partial charge in [0.05, 0.1) is 5.69 Å². The molecule has 0 atom stereocenters. The Labute approximate surface area is 96.4 Å². The zero-order valence-corrected chi connectivity index (χ0v) is 8.74. The Balaban J connectivity index is 2.28. The minimum absolute atomic E-state index is 0.0201. The number of pyridine rings is 1. The second-order valence-electron chi connectivity index (χ2n) is 3.28. The fourth-order valence-corrected chi connectivity index (χ4v) is 1.32. The van der Waals surface area contributed by atoms with Gasteiger partial charge in [0.1, 0.15) is 11.6 Å². The minimum atomic E-state index is -0.944. The van der Waals surface area contributed by atoms with Gasteiger partial charge in [-0.05, 0) is 24.3 Å². The molecule has 0 aliphatic heterocycles. The van der Waals surface area contributed by atoms with E-state index in [4.69, 9.17) is 5.84 Å². The number of anilines is 3. The SMILES string of the molecule is NNc1cccc(Nc2cccc(F)c2F)n1. The van der Waals surface area contributed by atoms with Crippen LogP contribution in [0.2, 0.25) is 0 Å². The Morgan fingerprint density at radius 1 is 1.00 bits per heavy atom. The van der Waals surface area contributed by atoms with Gasteiger partial charge in [-0.2, -0.15) is 0 Å². The average Bonchev–Trinajstić information content (AvgIpc) is 2.35. The summed E-state index contributed by atoms with van der Waals surface area (Å²) in [6.45, 7) is 0. The largest absolute Gasteiger partial charge is 0.338 e. The highest BCUT2D eigenvalue weighted by Crippen LogP contribution is 2.21. The van der Waals surface area contributed by atoms with E-state index in [1.54, 1.807) is 18.2 Å². The molecule has 0 aliphatic rings. The second kappa shape index (κ2) is 4.75. The Kier molecular flexibility index (Phi) is 3.15. The number of nitrogens with two attached hydrogens (primary N) is 1. The van der Waals surface area contributed by atoms with E-state index in [1.807, 2.05) is 0 Å². The lowest BCUT2D eigenvalue weighted by Gasteiger charge is -2.08. The normalized spacial score (nSPS) is 10.1. The van der Waals surface area contributed by atoms with E-state index in [0.29, 0.717) is 11.6 Å². The third kappa shape index (κ3) is 2.48. The number of aromatic nitrogens is 1. The Hall–Kier alpha value is -2.21. The maximum Gasteiger partial charge on any atom is 0.182 e. The van der Waals surface area contributed by atoms with Crippen molar-refractivity contribution in [1.29, 1.82) is 0 Å². The smallest absolute Gasteiger partial charge is 0.182 e. The number of nitrogens with one attached hydrogen (secondary N) is 2. The first-order valence-electron chi connectivity index (χ1n) is 4.85. The summed E-state index contributed by atoms with van der Waals surface area (Å²) in [6, 6.07) is 8.82. The standard InChI is InChI=1S/C11H10F2N4/c12-7-3-1-4-8(11(7)13)15-9-5-2-6-10(16-9)17-14/h1-6H,14H2,(H2,15,16,17). The number of halogens is 2. The van der Waals surface area contributed by atoms with Crippen LogP contribution in [0.15, 0.2) is 36.4 Å². The molecule has 0 unspecified atom stereocenters. The number of benzene rings is 1. The fourth-order valence-electron chi connectivity index (χ4n) is 1.32. The Bertz CT molecular complexity index is 531. The topological polar surface area (TPSA) is 63.0 Å². The highest BCUT2D eigenvalue weighted by atomic mass is 19.2. The molecule has 1 heterocycles. The van der Waals surface area contributed by atoms with E-state index in [2.05, 4.69) is 15.7 Å². The molecule has 6 heteroatoms. The molecule has 88 valence electrons. The van der Waals surface area contributed by atoms with E-state index in [0.717, 1.165) is 6.07 Å². The lowest BCUT2D eigenvalue weighted by Crippen LogP contribution is -2.09. The van der Waals surface area contributed by atoms with Gasteiger partial charge in [-0.3, -0.25) is 0 Å². The Morgan fingerprint density at radius 3 is 2.47 bits per heavy atom. The van der Waals surface area contributed by atoms with Crippen molar-refractivity contribution >= 4 is 17.3 Å². The molecule has 2 rings (SSSR count). The van der Waals surface area contributed by atoms with Gasteiger partial charge in [0, 0.05) is 0 Å². The van der Waals surface area contributed by atoms with Gasteiger partial charge in [-0.25, -0.2) is 19.6 Å². The summed E-state index contributed by atoms with van der Waals surface area (Å²) in [6.07, 6.45) is 0. The third-order valence-corrected chi connectivity index (χ3v) is 2.11. The molecular weight excluding hydrogens is 226 g/mol. The molecule has 0 saturated heterocycles. The van der Waals surface area contributed by atoms with E-state index >= 15 is 0 Å². The zero-order chi connectivity index (χ0) is 12.3. The van der Waals surface area contributed by atoms with E-state index < -0.39 is 11.6 Å². The molecule has 0 fully saturated rings. The van der Waals surface area contributed by atoms with Crippen molar-refractivity contribution in [3.63, 3.8) is 0 Å². The first-order valence-corrected chi connectivity index (χ1v) is 4.85. The zero-order valence-electron chi connectivity index (χ0n) is 8.74. The highest BCUT2D eigenvalue weighted by molar-refractivity contribution is 5.58. The van der Waals surface area contributed by atoms with Crippen molar-refractivity contribution in [2.75, 3.05) is 10.7 Å². The fraction of sp³-hybridized carbons (Fsp3) is 0. The van der Waals surface area contributed by atoms with Crippen molar-refractivity contribution in [2.24, 2.45) is 5.84 Å². The molecule has 4 N–H and O–H groups in total. The van der Waals surface area contributed by atoms with Crippen LogP contribution in [0.3, 0.4) is 0 Å². The van der Waals surface area contributed by atoms with Crippen molar-refractivity contribution < 1.29 is 8.78 Å². The predicted molar refractivity (Wildman–Crippen MR) is 61.7 cm³/mol. The summed E-state index contributed by atoms with van der Waals surface area (Å²) in [7, 11) is 0. The van der Waals surface area contributed by atoms with Gasteiger partial charge in [-0.1, -0.05) is 12.1 Å². The summed E-state index contributed by atoms with van der Waals surface area (Å²) >= 11 is 0. The number of nitrogen functional groups attached to an aromatic ring is 1. The summed E-state index contributed by atoms with van der Waals surface area (Å²) in [5, 5.41) is 2.67. The maximum absolute atomic E-state index is 13.4. The second-order valence-corrected chi connectivity index (χ2v) is 3.28. The molecule has 0 aliphatic carbocycles. The summed E-state index contributed by atoms with van der Waals surface area (Å²) in [5.41, 5.74) is 2.38. The van der Waals surface area contributed by atoms with Gasteiger partial charge >= 0.3 is 0 Å². The van der Waals surface area contributed by atoms with Crippen LogP contribution >= 0.6 is 0 Å². The van der Waals surface area contributed by atoms with Crippen LogP contribution in [0.5, 0.6) is 0 Å². The van der Waals surface area contributed by atoms with Crippen molar-refractivity contribution in [3.05, 3.63) is 48.0 Å². The molecule has 0 radical (unpaired) electrons. The van der Waals surface area contributed by atoms with Crippen LogP contribution in [-0.4, -0.2) is 4.98 Å². The monoisotopic (exact) mass is 236 g/mol. The van der Waals surface area contributed by atoms with Crippen molar-refractivity contribution in [3.8, 4) is 0 Å². The maximum atomic E-state index is 13.4. The summed E-state index contributed by atoms with van der Waals surface area (Å²) in [5.74, 6) is 4.12. The van der Waals surface area contributed by atoms with Gasteiger partial charge in [-0.15, -0.1) is 0 Å². The quantitative estimate of drug-likeness (QED) is 0.565. The minimum Gasteiger partial charge on any atom is -0.338 e. The number of hydrogen-bond acceptors (Lipinski definition) is 4. The molecule has 0 spiro atoms. The number of hydrazine groups is 1. The molecule has 0 amide bonds. The molecule has 1 aromatic carbocycles. The van der Waals surface area contributed by atoms with Gasteiger partial charge in [0.15, 0.2) is 11.6 Å². The molecule has 2 aromatic rings. The lowest BCUT2D eigenvalue weighted by molar-refractivity contribution is 0.511. The number of nitrogens with zero attached hydrogens (tertiary/aromatic N) is 1. The predicted octanol–water partition coefficient (Wildman–Crippen LogP) is 2.39. The van der Waals surface area contributed by atoms with Crippen LogP contribution in [0.4, 0.5) is 26.1 Å². The van der Waals surface area contributed by atoms with Crippen LogP contribution in [0.1, 0.15) is 0 Å². The van der Waals surface area contributed by atoms with Crippen LogP contribution in [0, 0.1) is 11.6 Å². The molecule has 4 nitrogen and oxygen atoms in total. The van der Waals surface area contributed by atoms with Crippen LogP contribution in [-0.2, 0) is 0 Å². The highest BCUT2D eigenvalue weighted by Gasteiger charge is 2.07. The first-order chi connectivity index (χ1) is 8.20. The van der Waals surface area contributed by atoms with E-state index in [1.165, 1.54) is 12.1 Å². The molecule has 0 saturated carbocycles. The van der Waals surface area contributed by atoms with Crippen LogP contribution < -0.4 is 16.6 Å². The van der Waals surface area contributed by atoms with E-state index in [-0.39, 0.29) is 5.69 Å². The summed E-state index contributed by atoms with van der Waals surface area (Å²) in [4.78, 5) is 4.02. The number of rotatable bonds is 3. The average molecular weight is 236 g/mol. The summed E-state index contributed by atoms with van der Waals surface area (Å²) < 4.78 is 26.3. The molecular formula is C11H10F2N4. The molecule has 17 heavy (non-hydrogen) atoms. The third-order valence-electron chi connectivity index (χ3n) is 2.11. The van der Waals surface area contributed by atoms with Crippen molar-refractivity contribution in [2.45, 2.75) is 0 Å². The van der Waals surface area contributed by atoms with Gasteiger partial charge in [0.25, 0.3) is 0 Å². The van der Waals surface area contributed by atoms with Gasteiger partial charge in [0.2, 0.25) is 0 Å². The van der Waals surface area contributed by atoms with E-state index in [9.17, 15) is 8.78 Å². The number of hydrogen-bond donors (Lipinski definition) is 3. The van der Waals surface area contributed by atoms with Crippen LogP contribution in [0.25, 0.3) is 0 Å².